The number of hydrogen-bond donors (Lipinski definition) is 1. The van der Waals surface area contributed by atoms with Crippen LogP contribution in [0.4, 0.5) is 0 Å². The highest BCUT2D eigenvalue weighted by molar-refractivity contribution is 5.04. The maximum Gasteiger partial charge on any atom is 0.167 e. The lowest BCUT2D eigenvalue weighted by molar-refractivity contribution is -0.234. The van der Waals surface area contributed by atoms with Crippen LogP contribution >= 0.6 is 0 Å². The Morgan fingerprint density at radius 2 is 2.00 bits per heavy atom. The quantitative estimate of drug-likeness (QED) is 0.572. The van der Waals surface area contributed by atoms with E-state index >= 15 is 0 Å². The van der Waals surface area contributed by atoms with Gasteiger partial charge in [0.05, 0.1) is 6.61 Å². The van der Waals surface area contributed by atoms with Crippen LogP contribution in [0.2, 0.25) is 0 Å². The molecule has 7 unspecified atom stereocenters. The van der Waals surface area contributed by atoms with Crippen LogP contribution < -0.4 is 0 Å². The molecule has 1 saturated carbocycles. The first-order chi connectivity index (χ1) is 6.34. The molecular formula is C9H12O4. The van der Waals surface area contributed by atoms with E-state index in [-0.39, 0.29) is 12.6 Å². The topological polar surface area (TPSA) is 47.9 Å². The number of aliphatic hydroxyl groups is 1. The van der Waals surface area contributed by atoms with Crippen molar-refractivity contribution in [2.75, 3.05) is 6.61 Å². The Balaban J connectivity index is 1.78. The predicted octanol–water partition coefficient (Wildman–Crippen LogP) is -0.0839. The molecule has 0 radical (unpaired) electrons. The van der Waals surface area contributed by atoms with Crippen molar-refractivity contribution in [2.45, 2.75) is 25.3 Å². The maximum atomic E-state index is 9.61. The molecule has 72 valence electrons. The molecule has 3 aliphatic heterocycles. The summed E-state index contributed by atoms with van der Waals surface area (Å²) in [4.78, 5) is 0. The Morgan fingerprint density at radius 3 is 2.92 bits per heavy atom. The molecule has 0 bridgehead atoms. The first-order valence-electron chi connectivity index (χ1n) is 4.95. The number of hydrogen-bond acceptors (Lipinski definition) is 4. The molecule has 0 amide bonds. The largest absolute Gasteiger partial charge is 0.368 e. The zero-order chi connectivity index (χ0) is 8.58. The monoisotopic (exact) mass is 184 g/mol. The minimum atomic E-state index is -0.596. The zero-order valence-electron chi connectivity index (χ0n) is 7.13. The molecule has 4 fully saturated rings. The molecule has 4 nitrogen and oxygen atoms in total. The average molecular weight is 184 g/mol. The van der Waals surface area contributed by atoms with Crippen molar-refractivity contribution in [3.63, 3.8) is 0 Å². The van der Waals surface area contributed by atoms with Gasteiger partial charge in [-0.3, -0.25) is 0 Å². The van der Waals surface area contributed by atoms with Crippen LogP contribution in [0, 0.1) is 23.7 Å². The second-order valence-electron chi connectivity index (χ2n) is 4.55. The summed E-state index contributed by atoms with van der Waals surface area (Å²) in [6.07, 6.45) is 0.215. The Bertz CT molecular complexity index is 256. The molecule has 1 aliphatic carbocycles. The Labute approximate surface area is 75.8 Å². The average Bonchev–Trinajstić information content (AvgIpc) is 2.70. The minimum absolute atomic E-state index is 0.0440. The van der Waals surface area contributed by atoms with E-state index < -0.39 is 6.29 Å². The number of ether oxygens (including phenoxy) is 3. The highest BCUT2D eigenvalue weighted by atomic mass is 16.8. The fraction of sp³-hybridized carbons (Fsp3) is 1.00. The van der Waals surface area contributed by atoms with Crippen LogP contribution in [-0.2, 0) is 14.2 Å². The molecule has 4 rings (SSSR count). The minimum Gasteiger partial charge on any atom is -0.368 e. The second-order valence-corrected chi connectivity index (χ2v) is 4.55. The summed E-state index contributed by atoms with van der Waals surface area (Å²) in [6, 6.07) is 0. The van der Waals surface area contributed by atoms with Crippen LogP contribution in [0.5, 0.6) is 0 Å². The highest BCUT2D eigenvalue weighted by Gasteiger charge is 2.65. The van der Waals surface area contributed by atoms with Crippen molar-refractivity contribution in [3.05, 3.63) is 0 Å². The van der Waals surface area contributed by atoms with Gasteiger partial charge in [0.25, 0.3) is 0 Å². The summed E-state index contributed by atoms with van der Waals surface area (Å²) in [5.41, 5.74) is 0. The molecule has 1 N–H and O–H groups in total. The lowest BCUT2D eigenvalue weighted by Gasteiger charge is -2.13. The van der Waals surface area contributed by atoms with E-state index in [0.29, 0.717) is 23.7 Å². The van der Waals surface area contributed by atoms with E-state index in [4.69, 9.17) is 14.2 Å². The van der Waals surface area contributed by atoms with Gasteiger partial charge in [0, 0.05) is 17.8 Å². The van der Waals surface area contributed by atoms with E-state index in [1.54, 1.807) is 0 Å². The van der Waals surface area contributed by atoms with Crippen molar-refractivity contribution in [2.24, 2.45) is 23.7 Å². The van der Waals surface area contributed by atoms with E-state index in [9.17, 15) is 5.11 Å². The van der Waals surface area contributed by atoms with Gasteiger partial charge in [-0.05, 0) is 12.3 Å². The molecule has 0 spiro atoms. The van der Waals surface area contributed by atoms with Crippen LogP contribution in [0.25, 0.3) is 0 Å². The first kappa shape index (κ1) is 7.17. The van der Waals surface area contributed by atoms with Gasteiger partial charge < -0.3 is 19.3 Å². The van der Waals surface area contributed by atoms with Gasteiger partial charge in [0.15, 0.2) is 18.9 Å². The van der Waals surface area contributed by atoms with Gasteiger partial charge in [-0.1, -0.05) is 0 Å². The summed E-state index contributed by atoms with van der Waals surface area (Å²) in [6.45, 7) is 0.807. The van der Waals surface area contributed by atoms with Crippen molar-refractivity contribution >= 4 is 0 Å². The van der Waals surface area contributed by atoms with E-state index in [1.165, 1.54) is 0 Å². The van der Waals surface area contributed by atoms with Crippen molar-refractivity contribution in [1.82, 2.24) is 0 Å². The lowest BCUT2D eigenvalue weighted by atomic mass is 9.91. The fourth-order valence-corrected chi connectivity index (χ4v) is 3.58. The number of rotatable bonds is 0. The predicted molar refractivity (Wildman–Crippen MR) is 40.3 cm³/mol. The van der Waals surface area contributed by atoms with Crippen molar-refractivity contribution < 1.29 is 19.3 Å². The third kappa shape index (κ3) is 0.687. The number of aliphatic hydroxyl groups excluding tert-OH is 1. The fourth-order valence-electron chi connectivity index (χ4n) is 3.58. The summed E-state index contributed by atoms with van der Waals surface area (Å²) in [7, 11) is 0. The molecule has 7 atom stereocenters. The molecule has 0 aromatic carbocycles. The molecule has 13 heavy (non-hydrogen) atoms. The summed E-state index contributed by atoms with van der Waals surface area (Å²) in [5.74, 6) is 1.79. The van der Waals surface area contributed by atoms with Crippen LogP contribution in [0.3, 0.4) is 0 Å². The normalized spacial score (nSPS) is 67.6. The van der Waals surface area contributed by atoms with Gasteiger partial charge in [-0.15, -0.1) is 0 Å². The van der Waals surface area contributed by atoms with Gasteiger partial charge in [0.2, 0.25) is 0 Å². The van der Waals surface area contributed by atoms with E-state index in [2.05, 4.69) is 0 Å². The molecule has 0 aromatic heterocycles. The van der Waals surface area contributed by atoms with Gasteiger partial charge in [-0.25, -0.2) is 0 Å². The molecule has 3 saturated heterocycles. The third-order valence-corrected chi connectivity index (χ3v) is 4.07. The van der Waals surface area contributed by atoms with Crippen molar-refractivity contribution in [3.8, 4) is 0 Å². The zero-order valence-corrected chi connectivity index (χ0v) is 7.13. The summed E-state index contributed by atoms with van der Waals surface area (Å²) >= 11 is 0. The van der Waals surface area contributed by atoms with Crippen LogP contribution in [0.15, 0.2) is 0 Å². The van der Waals surface area contributed by atoms with E-state index in [1.807, 2.05) is 0 Å². The van der Waals surface area contributed by atoms with Gasteiger partial charge >= 0.3 is 0 Å². The molecule has 4 heteroatoms. The van der Waals surface area contributed by atoms with Crippen LogP contribution in [-0.4, -0.2) is 30.6 Å². The van der Waals surface area contributed by atoms with E-state index in [0.717, 1.165) is 13.0 Å². The standard InChI is InChI=1S/C9H12O4/c10-7-4-1-3-2-11-8-5(3)6(4)9(12-7)13-8/h3-10H,1-2H2. The highest BCUT2D eigenvalue weighted by Crippen LogP contribution is 2.59. The van der Waals surface area contributed by atoms with Crippen molar-refractivity contribution in [1.29, 1.82) is 0 Å². The first-order valence-corrected chi connectivity index (χ1v) is 4.95. The second kappa shape index (κ2) is 2.08. The Kier molecular flexibility index (Phi) is 1.15. The van der Waals surface area contributed by atoms with Gasteiger partial charge in [-0.2, -0.15) is 0 Å². The molecule has 4 aliphatic rings. The van der Waals surface area contributed by atoms with Crippen LogP contribution in [0.1, 0.15) is 6.42 Å². The molecule has 0 aromatic rings. The summed E-state index contributed by atoms with van der Waals surface area (Å²) < 4.78 is 16.4. The smallest absolute Gasteiger partial charge is 0.167 e. The SMILES string of the molecule is OC1OC2OC3OCC4CC1C2C43. The molecule has 3 heterocycles. The molecular weight excluding hydrogens is 172 g/mol. The Morgan fingerprint density at radius 1 is 1.08 bits per heavy atom. The van der Waals surface area contributed by atoms with Gasteiger partial charge in [0.1, 0.15) is 0 Å². The lowest BCUT2D eigenvalue weighted by Crippen LogP contribution is -2.20. The third-order valence-electron chi connectivity index (χ3n) is 4.07. The maximum absolute atomic E-state index is 9.61. The Hall–Kier alpha value is -0.160. The summed E-state index contributed by atoms with van der Waals surface area (Å²) in [5, 5.41) is 9.61.